The van der Waals surface area contributed by atoms with Gasteiger partial charge < -0.3 is 10.6 Å². The summed E-state index contributed by atoms with van der Waals surface area (Å²) >= 11 is 3.39. The van der Waals surface area contributed by atoms with Gasteiger partial charge in [-0.3, -0.25) is 9.59 Å². The first kappa shape index (κ1) is 17.1. The molecule has 0 unspecified atom stereocenters. The SMILES string of the molecule is O=C(NCCNC(=O)C12CC3CC(CC(C3)C1)C2)c1ccccc1Br. The molecule has 5 heteroatoms. The van der Waals surface area contributed by atoms with Crippen LogP contribution in [0.3, 0.4) is 0 Å². The molecule has 1 aromatic carbocycles. The lowest BCUT2D eigenvalue weighted by atomic mass is 9.49. The molecule has 4 nitrogen and oxygen atoms in total. The molecule has 2 N–H and O–H groups in total. The molecule has 4 aliphatic carbocycles. The number of carbonyl (C=O) groups is 2. The molecule has 0 radical (unpaired) electrons. The van der Waals surface area contributed by atoms with Gasteiger partial charge in [0.15, 0.2) is 0 Å². The van der Waals surface area contributed by atoms with E-state index in [4.69, 9.17) is 0 Å². The van der Waals surface area contributed by atoms with E-state index < -0.39 is 0 Å². The second-order valence-corrected chi connectivity index (χ2v) is 9.04. The Hall–Kier alpha value is -1.36. The average Bonchev–Trinajstić information content (AvgIpc) is 2.57. The zero-order chi connectivity index (χ0) is 17.4. The van der Waals surface area contributed by atoms with Gasteiger partial charge in [-0.25, -0.2) is 0 Å². The fraction of sp³-hybridized carbons (Fsp3) is 0.600. The van der Waals surface area contributed by atoms with E-state index in [2.05, 4.69) is 26.6 Å². The Morgan fingerprint density at radius 2 is 1.52 bits per heavy atom. The number of hydrogen-bond donors (Lipinski definition) is 2. The zero-order valence-electron chi connectivity index (χ0n) is 14.4. The molecular formula is C20H25BrN2O2. The topological polar surface area (TPSA) is 58.2 Å². The molecule has 4 saturated carbocycles. The van der Waals surface area contributed by atoms with Gasteiger partial charge in [0.2, 0.25) is 5.91 Å². The Bertz CT molecular complexity index is 653. The number of carbonyl (C=O) groups excluding carboxylic acids is 2. The Balaban J connectivity index is 1.27. The molecule has 4 aliphatic rings. The minimum Gasteiger partial charge on any atom is -0.354 e. The van der Waals surface area contributed by atoms with Crippen LogP contribution in [0.1, 0.15) is 48.9 Å². The summed E-state index contributed by atoms with van der Waals surface area (Å²) in [5.41, 5.74) is 0.510. The maximum Gasteiger partial charge on any atom is 0.252 e. The zero-order valence-corrected chi connectivity index (χ0v) is 16.0. The highest BCUT2D eigenvalue weighted by atomic mass is 79.9. The normalized spacial score (nSPS) is 32.4. The summed E-state index contributed by atoms with van der Waals surface area (Å²) in [5.74, 6) is 2.42. The largest absolute Gasteiger partial charge is 0.354 e. The molecule has 0 atom stereocenters. The van der Waals surface area contributed by atoms with E-state index >= 15 is 0 Å². The van der Waals surface area contributed by atoms with Gasteiger partial charge in [-0.15, -0.1) is 0 Å². The summed E-state index contributed by atoms with van der Waals surface area (Å²) in [6.07, 6.45) is 7.26. The maximum atomic E-state index is 12.8. The second-order valence-electron chi connectivity index (χ2n) is 8.19. The minimum absolute atomic E-state index is 0.110. The Morgan fingerprint density at radius 1 is 0.960 bits per heavy atom. The van der Waals surface area contributed by atoms with Crippen molar-refractivity contribution in [3.63, 3.8) is 0 Å². The summed E-state index contributed by atoms with van der Waals surface area (Å²) in [7, 11) is 0. The minimum atomic E-state index is -0.114. The van der Waals surface area contributed by atoms with E-state index in [-0.39, 0.29) is 17.2 Å². The van der Waals surface area contributed by atoms with E-state index in [9.17, 15) is 9.59 Å². The average molecular weight is 405 g/mol. The van der Waals surface area contributed by atoms with Gasteiger partial charge in [0.05, 0.1) is 5.56 Å². The lowest BCUT2D eigenvalue weighted by molar-refractivity contribution is -0.146. The quantitative estimate of drug-likeness (QED) is 0.737. The van der Waals surface area contributed by atoms with Crippen molar-refractivity contribution in [1.29, 1.82) is 0 Å². The lowest BCUT2D eigenvalue weighted by Gasteiger charge is -2.55. The molecule has 0 aromatic heterocycles. The number of halogens is 1. The van der Waals surface area contributed by atoms with Crippen LogP contribution in [0, 0.1) is 23.2 Å². The molecule has 1 aromatic rings. The van der Waals surface area contributed by atoms with Crippen LogP contribution in [0.25, 0.3) is 0 Å². The molecule has 25 heavy (non-hydrogen) atoms. The van der Waals surface area contributed by atoms with Gasteiger partial charge in [0, 0.05) is 23.0 Å². The van der Waals surface area contributed by atoms with Crippen molar-refractivity contribution in [3.8, 4) is 0 Å². The van der Waals surface area contributed by atoms with Crippen molar-refractivity contribution in [2.75, 3.05) is 13.1 Å². The van der Waals surface area contributed by atoms with Gasteiger partial charge in [-0.1, -0.05) is 12.1 Å². The van der Waals surface area contributed by atoms with Crippen LogP contribution in [0.5, 0.6) is 0 Å². The number of benzene rings is 1. The lowest BCUT2D eigenvalue weighted by Crippen LogP contribution is -2.54. The summed E-state index contributed by atoms with van der Waals surface area (Å²) < 4.78 is 0.783. The molecule has 0 heterocycles. The van der Waals surface area contributed by atoms with Crippen molar-refractivity contribution in [2.45, 2.75) is 38.5 Å². The molecule has 4 bridgehead atoms. The number of hydrogen-bond acceptors (Lipinski definition) is 2. The predicted molar refractivity (Wildman–Crippen MR) is 100 cm³/mol. The van der Waals surface area contributed by atoms with E-state index in [0.29, 0.717) is 18.7 Å². The van der Waals surface area contributed by atoms with Crippen molar-refractivity contribution in [1.82, 2.24) is 10.6 Å². The number of nitrogens with one attached hydrogen (secondary N) is 2. The van der Waals surface area contributed by atoms with Crippen LogP contribution in [-0.4, -0.2) is 24.9 Å². The van der Waals surface area contributed by atoms with E-state index in [0.717, 1.165) is 41.5 Å². The molecule has 134 valence electrons. The van der Waals surface area contributed by atoms with Crippen molar-refractivity contribution in [2.24, 2.45) is 23.2 Å². The van der Waals surface area contributed by atoms with E-state index in [1.54, 1.807) is 6.07 Å². The molecular weight excluding hydrogens is 380 g/mol. The Morgan fingerprint density at radius 3 is 2.12 bits per heavy atom. The van der Waals surface area contributed by atoms with Gasteiger partial charge in [-0.05, 0) is 84.3 Å². The molecule has 0 spiro atoms. The highest BCUT2D eigenvalue weighted by Gasteiger charge is 2.54. The van der Waals surface area contributed by atoms with Crippen LogP contribution < -0.4 is 10.6 Å². The highest BCUT2D eigenvalue weighted by Crippen LogP contribution is 2.60. The fourth-order valence-electron chi connectivity index (χ4n) is 5.67. The highest BCUT2D eigenvalue weighted by molar-refractivity contribution is 9.10. The Labute approximate surface area is 157 Å². The van der Waals surface area contributed by atoms with Crippen LogP contribution in [0.15, 0.2) is 28.7 Å². The Kier molecular flexibility index (Phi) is 4.61. The van der Waals surface area contributed by atoms with Crippen molar-refractivity contribution in [3.05, 3.63) is 34.3 Å². The monoisotopic (exact) mass is 404 g/mol. The van der Waals surface area contributed by atoms with Gasteiger partial charge in [-0.2, -0.15) is 0 Å². The third-order valence-corrected chi connectivity index (χ3v) is 7.03. The van der Waals surface area contributed by atoms with Gasteiger partial charge >= 0.3 is 0 Å². The van der Waals surface area contributed by atoms with Crippen LogP contribution in [0.4, 0.5) is 0 Å². The fourth-order valence-corrected chi connectivity index (χ4v) is 6.13. The summed E-state index contributed by atoms with van der Waals surface area (Å²) in [5, 5.41) is 5.98. The molecule has 0 saturated heterocycles. The third kappa shape index (κ3) is 3.35. The van der Waals surface area contributed by atoms with Crippen LogP contribution in [-0.2, 0) is 4.79 Å². The molecule has 2 amide bonds. The standard InChI is InChI=1S/C20H25BrN2O2/c21-17-4-2-1-3-16(17)18(24)22-5-6-23-19(25)20-10-13-7-14(11-20)9-15(8-13)12-20/h1-4,13-15H,5-12H2,(H,22,24)(H,23,25). The molecule has 5 rings (SSSR count). The maximum absolute atomic E-state index is 12.8. The molecule has 4 fully saturated rings. The van der Waals surface area contributed by atoms with E-state index in [1.165, 1.54) is 19.3 Å². The summed E-state index contributed by atoms with van der Waals surface area (Å²) in [6, 6.07) is 7.36. The first-order valence-corrected chi connectivity index (χ1v) is 10.2. The van der Waals surface area contributed by atoms with Crippen LogP contribution in [0.2, 0.25) is 0 Å². The van der Waals surface area contributed by atoms with Gasteiger partial charge in [0.1, 0.15) is 0 Å². The summed E-state index contributed by atoms with van der Waals surface area (Å²) in [6.45, 7) is 0.953. The number of rotatable bonds is 5. The van der Waals surface area contributed by atoms with Crippen molar-refractivity contribution >= 4 is 27.7 Å². The predicted octanol–water partition coefficient (Wildman–Crippen LogP) is 3.51. The smallest absolute Gasteiger partial charge is 0.252 e. The van der Waals surface area contributed by atoms with Gasteiger partial charge in [0.25, 0.3) is 5.91 Å². The summed E-state index contributed by atoms with van der Waals surface area (Å²) in [4.78, 5) is 25.0. The first-order valence-electron chi connectivity index (χ1n) is 9.37. The van der Waals surface area contributed by atoms with Crippen LogP contribution >= 0.6 is 15.9 Å². The molecule has 0 aliphatic heterocycles. The first-order chi connectivity index (χ1) is 12.1. The van der Waals surface area contributed by atoms with Crippen molar-refractivity contribution < 1.29 is 9.59 Å². The van der Waals surface area contributed by atoms with E-state index in [1.807, 2.05) is 18.2 Å². The third-order valence-electron chi connectivity index (χ3n) is 6.33. The number of amides is 2. The second kappa shape index (κ2) is 6.75.